The molecule has 0 atom stereocenters. The minimum absolute atomic E-state index is 0.0237. The van der Waals surface area contributed by atoms with Crippen molar-refractivity contribution < 1.29 is 22.7 Å². The van der Waals surface area contributed by atoms with Crippen molar-refractivity contribution in [1.82, 2.24) is 9.97 Å². The van der Waals surface area contributed by atoms with Gasteiger partial charge in [-0.05, 0) is 38.5 Å². The molecule has 0 radical (unpaired) electrons. The number of alkyl halides is 3. The number of aromatic nitrogens is 2. The number of nitrogens with zero attached hydrogens (tertiary/aromatic N) is 2. The van der Waals surface area contributed by atoms with Gasteiger partial charge in [0.2, 0.25) is 0 Å². The lowest BCUT2D eigenvalue weighted by molar-refractivity contribution is -0.153. The minimum atomic E-state index is -4.53. The first-order valence-corrected chi connectivity index (χ1v) is 6.59. The zero-order valence-electron chi connectivity index (χ0n) is 12.4. The second kappa shape index (κ2) is 5.55. The minimum Gasteiger partial charge on any atom is -0.460 e. The van der Waals surface area contributed by atoms with Crippen LogP contribution in [0.1, 0.15) is 32.0 Å². The van der Waals surface area contributed by atoms with Gasteiger partial charge in [0.15, 0.2) is 5.69 Å². The highest BCUT2D eigenvalue weighted by Gasteiger charge is 2.33. The normalized spacial score (nSPS) is 12.5. The van der Waals surface area contributed by atoms with Crippen LogP contribution < -0.4 is 0 Å². The van der Waals surface area contributed by atoms with Crippen LogP contribution in [0.25, 0.3) is 11.0 Å². The van der Waals surface area contributed by atoms with Gasteiger partial charge in [-0.25, -0.2) is 4.98 Å². The van der Waals surface area contributed by atoms with E-state index in [1.165, 1.54) is 12.1 Å². The van der Waals surface area contributed by atoms with Gasteiger partial charge in [0, 0.05) is 0 Å². The number of esters is 1. The molecule has 22 heavy (non-hydrogen) atoms. The van der Waals surface area contributed by atoms with E-state index in [2.05, 4.69) is 9.97 Å². The Labute approximate surface area is 125 Å². The van der Waals surface area contributed by atoms with Crippen LogP contribution in [-0.2, 0) is 22.1 Å². The standard InChI is InChI=1S/C15H15F3N2O2/c1-14(2,3)22-13(21)7-9-4-5-10-11(6-9)19-8-12(20-10)15(16,17)18/h4-6,8H,7H2,1-3H3. The van der Waals surface area contributed by atoms with Crippen LogP contribution in [0.2, 0.25) is 0 Å². The van der Waals surface area contributed by atoms with E-state index in [9.17, 15) is 18.0 Å². The molecule has 1 aromatic heterocycles. The molecule has 0 saturated carbocycles. The van der Waals surface area contributed by atoms with Crippen molar-refractivity contribution in [3.63, 3.8) is 0 Å². The van der Waals surface area contributed by atoms with Crippen LogP contribution >= 0.6 is 0 Å². The number of carbonyl (C=O) groups excluding carboxylic acids is 1. The second-order valence-electron chi connectivity index (χ2n) is 5.84. The smallest absolute Gasteiger partial charge is 0.434 e. The Morgan fingerprint density at radius 1 is 1.18 bits per heavy atom. The quantitative estimate of drug-likeness (QED) is 0.796. The molecule has 0 amide bonds. The van der Waals surface area contributed by atoms with Gasteiger partial charge in [-0.15, -0.1) is 0 Å². The number of hydrogen-bond donors (Lipinski definition) is 0. The highest BCUT2D eigenvalue weighted by Crippen LogP contribution is 2.28. The van der Waals surface area contributed by atoms with Crippen molar-refractivity contribution in [2.24, 2.45) is 0 Å². The number of benzene rings is 1. The van der Waals surface area contributed by atoms with Gasteiger partial charge < -0.3 is 4.74 Å². The van der Waals surface area contributed by atoms with Gasteiger partial charge >= 0.3 is 12.1 Å². The maximum atomic E-state index is 12.6. The second-order valence-corrected chi connectivity index (χ2v) is 5.84. The number of carbonyl (C=O) groups is 1. The Hall–Kier alpha value is -2.18. The van der Waals surface area contributed by atoms with Crippen LogP contribution in [0, 0.1) is 0 Å². The molecule has 0 unspecified atom stereocenters. The monoisotopic (exact) mass is 312 g/mol. The number of fused-ring (bicyclic) bond motifs is 1. The summed E-state index contributed by atoms with van der Waals surface area (Å²) in [6.45, 7) is 5.28. The summed E-state index contributed by atoms with van der Waals surface area (Å²) in [5, 5.41) is 0. The first-order valence-electron chi connectivity index (χ1n) is 6.59. The predicted octanol–water partition coefficient (Wildman–Crippen LogP) is 3.53. The van der Waals surface area contributed by atoms with Gasteiger partial charge in [-0.3, -0.25) is 9.78 Å². The molecule has 1 aromatic carbocycles. The van der Waals surface area contributed by atoms with Crippen molar-refractivity contribution in [3.8, 4) is 0 Å². The third kappa shape index (κ3) is 4.16. The number of halogens is 3. The van der Waals surface area contributed by atoms with Crippen LogP contribution in [0.3, 0.4) is 0 Å². The lowest BCUT2D eigenvalue weighted by atomic mass is 10.1. The Morgan fingerprint density at radius 2 is 1.86 bits per heavy atom. The van der Waals surface area contributed by atoms with E-state index in [1.54, 1.807) is 26.8 Å². The summed E-state index contributed by atoms with van der Waals surface area (Å²) < 4.78 is 42.9. The van der Waals surface area contributed by atoms with Gasteiger partial charge in [0.25, 0.3) is 0 Å². The summed E-state index contributed by atoms with van der Waals surface area (Å²) in [6, 6.07) is 4.49. The summed E-state index contributed by atoms with van der Waals surface area (Å²) in [6.07, 6.45) is -3.83. The molecule has 118 valence electrons. The Kier molecular flexibility index (Phi) is 4.08. The summed E-state index contributed by atoms with van der Waals surface area (Å²) >= 11 is 0. The fraction of sp³-hybridized carbons (Fsp3) is 0.400. The number of hydrogen-bond acceptors (Lipinski definition) is 4. The van der Waals surface area contributed by atoms with Gasteiger partial charge in [0.1, 0.15) is 5.60 Å². The zero-order chi connectivity index (χ0) is 16.5. The molecular weight excluding hydrogens is 297 g/mol. The highest BCUT2D eigenvalue weighted by molar-refractivity contribution is 5.78. The van der Waals surface area contributed by atoms with Gasteiger partial charge in [-0.1, -0.05) is 6.07 Å². The topological polar surface area (TPSA) is 52.1 Å². The molecular formula is C15H15F3N2O2. The summed E-state index contributed by atoms with van der Waals surface area (Å²) in [7, 11) is 0. The average Bonchev–Trinajstić information content (AvgIpc) is 2.34. The van der Waals surface area contributed by atoms with E-state index in [0.717, 1.165) is 0 Å². The molecule has 0 bridgehead atoms. The highest BCUT2D eigenvalue weighted by atomic mass is 19.4. The molecule has 0 N–H and O–H groups in total. The van der Waals surface area contributed by atoms with Crippen molar-refractivity contribution >= 4 is 17.0 Å². The molecule has 7 heteroatoms. The van der Waals surface area contributed by atoms with Crippen molar-refractivity contribution in [3.05, 3.63) is 35.7 Å². The SMILES string of the molecule is CC(C)(C)OC(=O)Cc1ccc2nc(C(F)(F)F)cnc2c1. The molecule has 0 aliphatic rings. The molecule has 0 saturated heterocycles. The molecule has 1 heterocycles. The summed E-state index contributed by atoms with van der Waals surface area (Å²) in [4.78, 5) is 19.0. The number of ether oxygens (including phenoxy) is 1. The van der Waals surface area contributed by atoms with Gasteiger partial charge in [-0.2, -0.15) is 13.2 Å². The molecule has 2 aromatic rings. The average molecular weight is 312 g/mol. The molecule has 0 aliphatic heterocycles. The Balaban J connectivity index is 2.23. The first-order chi connectivity index (χ1) is 10.0. The summed E-state index contributed by atoms with van der Waals surface area (Å²) in [5.41, 5.74) is -0.595. The molecule has 0 aliphatic carbocycles. The fourth-order valence-corrected chi connectivity index (χ4v) is 1.85. The lowest BCUT2D eigenvalue weighted by Crippen LogP contribution is -2.24. The molecule has 4 nitrogen and oxygen atoms in total. The molecule has 2 rings (SSSR count). The molecule has 0 spiro atoms. The lowest BCUT2D eigenvalue weighted by Gasteiger charge is -2.19. The third-order valence-electron chi connectivity index (χ3n) is 2.67. The number of rotatable bonds is 2. The van der Waals surface area contributed by atoms with Crippen LogP contribution in [0.5, 0.6) is 0 Å². The Bertz CT molecular complexity index is 706. The third-order valence-corrected chi connectivity index (χ3v) is 2.67. The maximum Gasteiger partial charge on any atom is 0.434 e. The fourth-order valence-electron chi connectivity index (χ4n) is 1.85. The van der Waals surface area contributed by atoms with E-state index in [1.807, 2.05) is 0 Å². The summed E-state index contributed by atoms with van der Waals surface area (Å²) in [5.74, 6) is -0.410. The first kappa shape index (κ1) is 16.2. The van der Waals surface area contributed by atoms with Crippen LogP contribution in [0.4, 0.5) is 13.2 Å². The molecule has 0 fully saturated rings. The Morgan fingerprint density at radius 3 is 2.45 bits per heavy atom. The van der Waals surface area contributed by atoms with Crippen molar-refractivity contribution in [1.29, 1.82) is 0 Å². The van der Waals surface area contributed by atoms with Crippen molar-refractivity contribution in [2.45, 2.75) is 39.0 Å². The zero-order valence-corrected chi connectivity index (χ0v) is 12.4. The van der Waals surface area contributed by atoms with Crippen molar-refractivity contribution in [2.75, 3.05) is 0 Å². The van der Waals surface area contributed by atoms with Crippen LogP contribution in [0.15, 0.2) is 24.4 Å². The predicted molar refractivity (Wildman–Crippen MR) is 74.1 cm³/mol. The van der Waals surface area contributed by atoms with E-state index >= 15 is 0 Å². The largest absolute Gasteiger partial charge is 0.460 e. The van der Waals surface area contributed by atoms with E-state index < -0.39 is 23.4 Å². The van der Waals surface area contributed by atoms with Crippen LogP contribution in [-0.4, -0.2) is 21.5 Å². The van der Waals surface area contributed by atoms with E-state index in [4.69, 9.17) is 4.74 Å². The van der Waals surface area contributed by atoms with Gasteiger partial charge in [0.05, 0.1) is 23.7 Å². The maximum absolute atomic E-state index is 12.6. The van der Waals surface area contributed by atoms with E-state index in [-0.39, 0.29) is 11.9 Å². The van der Waals surface area contributed by atoms with E-state index in [0.29, 0.717) is 17.3 Å².